The molecule has 0 saturated carbocycles. The molecule has 3 heterocycles. The van der Waals surface area contributed by atoms with Crippen LogP contribution in [0, 0.1) is 5.92 Å². The van der Waals surface area contributed by atoms with E-state index in [1.54, 1.807) is 0 Å². The second kappa shape index (κ2) is 13.4. The largest absolute Gasteiger partial charge is 0.357 e. The third-order valence-electron chi connectivity index (χ3n) is 5.59. The molecule has 2 aliphatic heterocycles. The van der Waals surface area contributed by atoms with Crippen LogP contribution in [0.1, 0.15) is 43.9 Å². The summed E-state index contributed by atoms with van der Waals surface area (Å²) in [5.74, 6) is 1.90. The summed E-state index contributed by atoms with van der Waals surface area (Å²) in [7, 11) is 0. The Morgan fingerprint density at radius 1 is 1.28 bits per heavy atom. The number of aliphatic imine (C=N–C) groups is 1. The van der Waals surface area contributed by atoms with Gasteiger partial charge < -0.3 is 15.5 Å². The number of amides is 1. The Morgan fingerprint density at radius 3 is 2.76 bits per heavy atom. The number of thiophene rings is 1. The molecule has 0 radical (unpaired) electrons. The average Bonchev–Trinajstić information content (AvgIpc) is 3.36. The molecule has 2 aliphatic rings. The number of likely N-dealkylation sites (tertiary alicyclic amines) is 2. The molecule has 0 spiro atoms. The van der Waals surface area contributed by atoms with Crippen molar-refractivity contribution in [1.29, 1.82) is 0 Å². The van der Waals surface area contributed by atoms with Gasteiger partial charge in [-0.2, -0.15) is 0 Å². The molecule has 29 heavy (non-hydrogen) atoms. The third kappa shape index (κ3) is 8.41. The van der Waals surface area contributed by atoms with E-state index in [9.17, 15) is 4.79 Å². The number of nitrogens with zero attached hydrogens (tertiary/aromatic N) is 3. The first-order valence-corrected chi connectivity index (χ1v) is 11.7. The van der Waals surface area contributed by atoms with Crippen LogP contribution in [0.4, 0.5) is 0 Å². The molecule has 164 valence electrons. The number of halogens is 1. The number of hydrogen-bond acceptors (Lipinski definition) is 4. The summed E-state index contributed by atoms with van der Waals surface area (Å²) in [5, 5.41) is 8.94. The van der Waals surface area contributed by atoms with Gasteiger partial charge in [0, 0.05) is 50.6 Å². The van der Waals surface area contributed by atoms with E-state index in [1.807, 2.05) is 16.2 Å². The van der Waals surface area contributed by atoms with Crippen molar-refractivity contribution in [3.05, 3.63) is 22.4 Å². The minimum Gasteiger partial charge on any atom is -0.357 e. The summed E-state index contributed by atoms with van der Waals surface area (Å²) in [5.41, 5.74) is 0. The number of nitrogens with one attached hydrogen (secondary N) is 2. The van der Waals surface area contributed by atoms with E-state index in [4.69, 9.17) is 4.99 Å². The molecular weight excluding hydrogens is 497 g/mol. The highest BCUT2D eigenvalue weighted by Crippen LogP contribution is 2.20. The number of guanidine groups is 1. The molecule has 0 bridgehead atoms. The molecule has 1 amide bonds. The van der Waals surface area contributed by atoms with E-state index in [0.29, 0.717) is 11.8 Å². The number of hydrogen-bond donors (Lipinski definition) is 2. The first-order chi connectivity index (χ1) is 13.7. The second-order valence-corrected chi connectivity index (χ2v) is 8.82. The maximum absolute atomic E-state index is 11.7. The zero-order valence-corrected chi connectivity index (χ0v) is 20.7. The van der Waals surface area contributed by atoms with Gasteiger partial charge in [0.2, 0.25) is 5.91 Å². The standard InChI is InChI=1S/C21H35N5OS.HI/c1-2-22-21(23-10-5-12-26-11-3-7-20(26)27)24-16-18-8-13-25(14-9-18)17-19-6-4-15-28-19;/h4,6,15,18H,2-3,5,7-14,16-17H2,1H3,(H2,22,23,24);1H. The molecule has 6 nitrogen and oxygen atoms in total. The van der Waals surface area contributed by atoms with Crippen LogP contribution in [-0.4, -0.2) is 67.5 Å². The minimum absolute atomic E-state index is 0. The summed E-state index contributed by atoms with van der Waals surface area (Å²) < 4.78 is 0. The smallest absolute Gasteiger partial charge is 0.222 e. The second-order valence-electron chi connectivity index (χ2n) is 7.78. The van der Waals surface area contributed by atoms with Crippen LogP contribution in [0.3, 0.4) is 0 Å². The normalized spacial score (nSPS) is 18.7. The Morgan fingerprint density at radius 2 is 2.10 bits per heavy atom. The number of carbonyl (C=O) groups is 1. The van der Waals surface area contributed by atoms with Crippen LogP contribution >= 0.6 is 35.3 Å². The maximum Gasteiger partial charge on any atom is 0.222 e. The lowest BCUT2D eigenvalue weighted by molar-refractivity contribution is -0.127. The molecule has 8 heteroatoms. The highest BCUT2D eigenvalue weighted by Gasteiger charge is 2.20. The van der Waals surface area contributed by atoms with Crippen molar-refractivity contribution < 1.29 is 4.79 Å². The van der Waals surface area contributed by atoms with Gasteiger partial charge in [-0.05, 0) is 63.1 Å². The molecule has 0 atom stereocenters. The van der Waals surface area contributed by atoms with E-state index in [1.165, 1.54) is 30.8 Å². The van der Waals surface area contributed by atoms with Gasteiger partial charge in [-0.15, -0.1) is 35.3 Å². The summed E-state index contributed by atoms with van der Waals surface area (Å²) in [6, 6.07) is 4.37. The van der Waals surface area contributed by atoms with Crippen molar-refractivity contribution in [3.63, 3.8) is 0 Å². The topological polar surface area (TPSA) is 60.0 Å². The van der Waals surface area contributed by atoms with Crippen molar-refractivity contribution in [2.24, 2.45) is 10.9 Å². The quantitative estimate of drug-likeness (QED) is 0.222. The Hall–Kier alpha value is -0.870. The predicted octanol–water partition coefficient (Wildman–Crippen LogP) is 3.15. The van der Waals surface area contributed by atoms with Gasteiger partial charge in [0.15, 0.2) is 5.96 Å². The van der Waals surface area contributed by atoms with Gasteiger partial charge in [-0.1, -0.05) is 6.07 Å². The van der Waals surface area contributed by atoms with E-state index < -0.39 is 0 Å². The Bertz CT molecular complexity index is 617. The predicted molar refractivity (Wildman–Crippen MR) is 132 cm³/mol. The lowest BCUT2D eigenvalue weighted by Crippen LogP contribution is -2.40. The molecule has 2 saturated heterocycles. The van der Waals surface area contributed by atoms with Gasteiger partial charge >= 0.3 is 0 Å². The summed E-state index contributed by atoms with van der Waals surface area (Å²) in [6.45, 7) is 9.95. The fourth-order valence-electron chi connectivity index (χ4n) is 3.93. The Balaban J connectivity index is 0.00000300. The molecule has 2 N–H and O–H groups in total. The van der Waals surface area contributed by atoms with Crippen LogP contribution in [0.5, 0.6) is 0 Å². The first-order valence-electron chi connectivity index (χ1n) is 10.8. The first kappa shape index (κ1) is 24.4. The monoisotopic (exact) mass is 533 g/mol. The van der Waals surface area contributed by atoms with E-state index in [2.05, 4.69) is 40.0 Å². The van der Waals surface area contributed by atoms with Crippen LogP contribution < -0.4 is 10.6 Å². The van der Waals surface area contributed by atoms with Crippen molar-refractivity contribution in [2.45, 2.75) is 45.6 Å². The SMILES string of the molecule is CCNC(=NCC1CCN(Cc2cccs2)CC1)NCCCN1CCCC1=O.I. The molecule has 0 unspecified atom stereocenters. The van der Waals surface area contributed by atoms with Gasteiger partial charge in [0.05, 0.1) is 0 Å². The van der Waals surface area contributed by atoms with E-state index in [-0.39, 0.29) is 24.0 Å². The van der Waals surface area contributed by atoms with Gasteiger partial charge in [0.1, 0.15) is 0 Å². The van der Waals surface area contributed by atoms with E-state index >= 15 is 0 Å². The van der Waals surface area contributed by atoms with Crippen molar-refractivity contribution in [2.75, 3.05) is 45.8 Å². The van der Waals surface area contributed by atoms with Crippen molar-refractivity contribution in [3.8, 4) is 0 Å². The molecule has 0 aliphatic carbocycles. The lowest BCUT2D eigenvalue weighted by Gasteiger charge is -2.31. The Labute approximate surface area is 196 Å². The Kier molecular flexibility index (Phi) is 11.3. The minimum atomic E-state index is 0. The number of piperidine rings is 1. The summed E-state index contributed by atoms with van der Waals surface area (Å²) in [6.07, 6.45) is 5.17. The van der Waals surface area contributed by atoms with Crippen LogP contribution in [-0.2, 0) is 11.3 Å². The van der Waals surface area contributed by atoms with Crippen molar-refractivity contribution >= 4 is 47.2 Å². The molecule has 2 fully saturated rings. The van der Waals surface area contributed by atoms with Crippen LogP contribution in [0.25, 0.3) is 0 Å². The summed E-state index contributed by atoms with van der Waals surface area (Å²) in [4.78, 5) is 22.5. The lowest BCUT2D eigenvalue weighted by atomic mass is 9.97. The average molecular weight is 534 g/mol. The maximum atomic E-state index is 11.7. The van der Waals surface area contributed by atoms with E-state index in [0.717, 1.165) is 64.5 Å². The summed E-state index contributed by atoms with van der Waals surface area (Å²) >= 11 is 1.85. The molecule has 0 aromatic carbocycles. The van der Waals surface area contributed by atoms with Crippen LogP contribution in [0.15, 0.2) is 22.5 Å². The number of rotatable bonds is 9. The third-order valence-corrected chi connectivity index (χ3v) is 6.45. The zero-order valence-electron chi connectivity index (χ0n) is 17.6. The zero-order chi connectivity index (χ0) is 19.6. The highest BCUT2D eigenvalue weighted by molar-refractivity contribution is 14.0. The molecule has 3 rings (SSSR count). The fourth-order valence-corrected chi connectivity index (χ4v) is 4.68. The van der Waals surface area contributed by atoms with Crippen molar-refractivity contribution in [1.82, 2.24) is 20.4 Å². The molecular formula is C21H36IN5OS. The molecule has 1 aromatic rings. The van der Waals surface area contributed by atoms with Gasteiger partial charge in [0.25, 0.3) is 0 Å². The van der Waals surface area contributed by atoms with Gasteiger partial charge in [-0.3, -0.25) is 14.7 Å². The molecule has 1 aromatic heterocycles. The van der Waals surface area contributed by atoms with Crippen LogP contribution in [0.2, 0.25) is 0 Å². The fraction of sp³-hybridized carbons (Fsp3) is 0.714. The highest BCUT2D eigenvalue weighted by atomic mass is 127. The number of carbonyl (C=O) groups excluding carboxylic acids is 1. The van der Waals surface area contributed by atoms with Gasteiger partial charge in [-0.25, -0.2) is 0 Å².